The van der Waals surface area contributed by atoms with Crippen molar-refractivity contribution in [3.63, 3.8) is 0 Å². The first-order valence-electron chi connectivity index (χ1n) is 12.7. The second-order valence-electron chi connectivity index (χ2n) is 9.39. The third-order valence-corrected chi connectivity index (χ3v) is 7.42. The molecule has 2 aromatic heterocycles. The number of aliphatic hydroxyl groups excluding tert-OH is 2. The number of aromatic nitrogens is 4. The molecule has 0 radical (unpaired) electrons. The third-order valence-electron chi connectivity index (χ3n) is 5.79. The van der Waals surface area contributed by atoms with Crippen LogP contribution in [0.1, 0.15) is 33.9 Å². The van der Waals surface area contributed by atoms with Crippen LogP contribution in [0.2, 0.25) is 0 Å². The van der Waals surface area contributed by atoms with Crippen LogP contribution in [0.5, 0.6) is 11.6 Å². The van der Waals surface area contributed by atoms with Crippen molar-refractivity contribution in [2.45, 2.75) is 64.1 Å². The van der Waals surface area contributed by atoms with Gasteiger partial charge in [0, 0.05) is 0 Å². The molecule has 1 aliphatic rings. The number of nitrogens with zero attached hydrogens (tertiary/aromatic N) is 4. The average molecular weight is 599 g/mol. The normalized spacial score (nSPS) is 24.7. The van der Waals surface area contributed by atoms with Crippen molar-refractivity contribution in [2.75, 3.05) is 18.9 Å². The van der Waals surface area contributed by atoms with E-state index in [0.29, 0.717) is 0 Å². The number of carbonyl (C=O) groups is 1. The molecule has 0 saturated carbocycles. The number of carbonyl (C=O) groups excluding carboxylic acids is 1. The summed E-state index contributed by atoms with van der Waals surface area (Å²) in [5.41, 5.74) is 5.97. The summed E-state index contributed by atoms with van der Waals surface area (Å²) in [5.74, 6) is -3.89. The number of aliphatic hydroxyl groups is 2. The van der Waals surface area contributed by atoms with E-state index in [-0.39, 0.29) is 35.3 Å². The van der Waals surface area contributed by atoms with Crippen LogP contribution in [0.3, 0.4) is 0 Å². The van der Waals surface area contributed by atoms with Crippen molar-refractivity contribution in [2.24, 2.45) is 0 Å². The number of rotatable bonds is 12. The Morgan fingerprint density at radius 2 is 1.98 bits per heavy atom. The summed E-state index contributed by atoms with van der Waals surface area (Å²) in [6.07, 6.45) is -4.86. The van der Waals surface area contributed by atoms with Gasteiger partial charge in [-0.15, -0.1) is 0 Å². The smallest absolute Gasteiger partial charge is 0.459 e. The van der Waals surface area contributed by atoms with Crippen LogP contribution in [-0.4, -0.2) is 79.1 Å². The Bertz CT molecular complexity index is 1410. The standard InChI is InChI=1S/C24H32FN6O9P/c1-5-36-20-16-19(28-23(26)29-20)31(12-27-16)21-17(32)18(33)24(25,39-21)11-37-41(35,40-15-9-7-6-8-10-15)30-14(4)22(34)38-13(2)3/h6-10,12-14,17-18,21,32-33H,5,11H2,1-4H3,(H,30,35)(H2,26,28,29)/t14?,17-,18+,21?,24-,41?/m1/s1. The minimum absolute atomic E-state index is 0.0413. The van der Waals surface area contributed by atoms with Crippen molar-refractivity contribution < 1.29 is 47.2 Å². The first-order valence-corrected chi connectivity index (χ1v) is 14.2. The quantitative estimate of drug-likeness (QED) is 0.174. The number of imidazole rings is 1. The zero-order valence-electron chi connectivity index (χ0n) is 22.7. The number of esters is 1. The number of fused-ring (bicyclic) bond motifs is 1. The van der Waals surface area contributed by atoms with Crippen LogP contribution in [0, 0.1) is 0 Å². The Balaban J connectivity index is 1.57. The number of nitrogen functional groups attached to an aromatic ring is 1. The fourth-order valence-electron chi connectivity index (χ4n) is 3.93. The molecule has 1 saturated heterocycles. The summed E-state index contributed by atoms with van der Waals surface area (Å²) in [7, 11) is -4.51. The molecule has 15 nitrogen and oxygen atoms in total. The van der Waals surface area contributed by atoms with Crippen molar-refractivity contribution in [3.8, 4) is 11.6 Å². The molecule has 224 valence electrons. The van der Waals surface area contributed by atoms with Crippen LogP contribution >= 0.6 is 7.75 Å². The maximum Gasteiger partial charge on any atom is 0.459 e. The summed E-state index contributed by atoms with van der Waals surface area (Å²) < 4.78 is 57.7. The molecule has 0 amide bonds. The molecule has 5 N–H and O–H groups in total. The van der Waals surface area contributed by atoms with Crippen LogP contribution in [0.4, 0.5) is 10.3 Å². The molecule has 0 spiro atoms. The van der Waals surface area contributed by atoms with Crippen molar-refractivity contribution in [1.29, 1.82) is 0 Å². The molecule has 0 bridgehead atoms. The van der Waals surface area contributed by atoms with Gasteiger partial charge in [0.2, 0.25) is 11.8 Å². The Kier molecular flexibility index (Phi) is 9.11. The van der Waals surface area contributed by atoms with Gasteiger partial charge in [-0.2, -0.15) is 15.1 Å². The Labute approximate surface area is 234 Å². The topological polar surface area (TPSA) is 202 Å². The third kappa shape index (κ3) is 6.74. The van der Waals surface area contributed by atoms with E-state index in [1.165, 1.54) is 25.4 Å². The van der Waals surface area contributed by atoms with Gasteiger partial charge in [-0.1, -0.05) is 18.2 Å². The number of halogens is 1. The Hall–Kier alpha value is -3.40. The van der Waals surface area contributed by atoms with E-state index in [1.807, 2.05) is 0 Å². The number of alkyl halides is 1. The molecule has 17 heteroatoms. The highest BCUT2D eigenvalue weighted by Gasteiger charge is 2.57. The molecule has 3 unspecified atom stereocenters. The molecule has 0 aliphatic carbocycles. The molecule has 1 aliphatic heterocycles. The predicted molar refractivity (Wildman–Crippen MR) is 141 cm³/mol. The van der Waals surface area contributed by atoms with Gasteiger partial charge >= 0.3 is 13.7 Å². The van der Waals surface area contributed by atoms with Gasteiger partial charge in [0.15, 0.2) is 17.4 Å². The molecule has 3 aromatic rings. The second kappa shape index (κ2) is 12.2. The number of hydrogen-bond donors (Lipinski definition) is 4. The number of para-hydroxylation sites is 1. The van der Waals surface area contributed by atoms with Crippen LogP contribution in [0.15, 0.2) is 36.7 Å². The monoisotopic (exact) mass is 598 g/mol. The van der Waals surface area contributed by atoms with Crippen molar-refractivity contribution >= 4 is 30.8 Å². The lowest BCUT2D eigenvalue weighted by Crippen LogP contribution is -2.44. The van der Waals surface area contributed by atoms with Gasteiger partial charge in [-0.05, 0) is 39.8 Å². The molecule has 41 heavy (non-hydrogen) atoms. The molecule has 3 heterocycles. The lowest BCUT2D eigenvalue weighted by atomic mass is 10.1. The molecule has 6 atom stereocenters. The van der Waals surface area contributed by atoms with Crippen LogP contribution in [-0.2, 0) is 23.4 Å². The number of benzene rings is 1. The molecule has 4 rings (SSSR count). The number of nitrogens with two attached hydrogens (primary N) is 1. The Morgan fingerprint density at radius 1 is 1.27 bits per heavy atom. The lowest BCUT2D eigenvalue weighted by Gasteiger charge is -2.27. The van der Waals surface area contributed by atoms with Gasteiger partial charge in [0.05, 0.1) is 19.0 Å². The van der Waals surface area contributed by atoms with E-state index in [4.69, 9.17) is 29.0 Å². The predicted octanol–water partition coefficient (Wildman–Crippen LogP) is 1.86. The van der Waals surface area contributed by atoms with E-state index < -0.39 is 56.8 Å². The van der Waals surface area contributed by atoms with E-state index in [2.05, 4.69) is 20.0 Å². The van der Waals surface area contributed by atoms with Gasteiger partial charge in [-0.3, -0.25) is 13.9 Å². The van der Waals surface area contributed by atoms with Gasteiger partial charge in [0.1, 0.15) is 30.6 Å². The van der Waals surface area contributed by atoms with Crippen molar-refractivity contribution in [3.05, 3.63) is 36.7 Å². The fourth-order valence-corrected chi connectivity index (χ4v) is 5.43. The van der Waals surface area contributed by atoms with Gasteiger partial charge < -0.3 is 34.7 Å². The highest BCUT2D eigenvalue weighted by molar-refractivity contribution is 7.52. The average Bonchev–Trinajstić information content (AvgIpc) is 3.42. The van der Waals surface area contributed by atoms with E-state index in [9.17, 15) is 19.6 Å². The van der Waals surface area contributed by atoms with E-state index in [1.54, 1.807) is 39.0 Å². The molecule has 1 aromatic carbocycles. The summed E-state index contributed by atoms with van der Waals surface area (Å²) in [6.45, 7) is 5.42. The maximum atomic E-state index is 16.0. The van der Waals surface area contributed by atoms with E-state index >= 15 is 4.39 Å². The zero-order chi connectivity index (χ0) is 29.9. The SMILES string of the molecule is CCOc1nc(N)nc2c1ncn2C1O[C@](F)(COP(=O)(NC(C)C(=O)OC(C)C)Oc2ccccc2)[C@@H](O)[C@H]1O. The van der Waals surface area contributed by atoms with Gasteiger partial charge in [0.25, 0.3) is 5.85 Å². The number of nitrogens with one attached hydrogen (secondary N) is 1. The fraction of sp³-hybridized carbons (Fsp3) is 0.500. The highest BCUT2D eigenvalue weighted by Crippen LogP contribution is 2.48. The number of anilines is 1. The van der Waals surface area contributed by atoms with Crippen LogP contribution in [0.25, 0.3) is 11.2 Å². The summed E-state index contributed by atoms with van der Waals surface area (Å²) in [5, 5.41) is 23.8. The zero-order valence-corrected chi connectivity index (χ0v) is 23.6. The Morgan fingerprint density at radius 3 is 2.63 bits per heavy atom. The minimum atomic E-state index is -4.51. The highest BCUT2D eigenvalue weighted by atomic mass is 31.2. The summed E-state index contributed by atoms with van der Waals surface area (Å²) >= 11 is 0. The molecular weight excluding hydrogens is 566 g/mol. The van der Waals surface area contributed by atoms with Crippen molar-refractivity contribution in [1.82, 2.24) is 24.6 Å². The van der Waals surface area contributed by atoms with Crippen LogP contribution < -0.4 is 20.1 Å². The lowest BCUT2D eigenvalue weighted by molar-refractivity contribution is -0.202. The van der Waals surface area contributed by atoms with Gasteiger partial charge in [-0.25, -0.2) is 13.9 Å². The largest absolute Gasteiger partial charge is 0.476 e. The molecular formula is C24H32FN6O9P. The minimum Gasteiger partial charge on any atom is -0.476 e. The number of ether oxygens (including phenoxy) is 3. The maximum absolute atomic E-state index is 16.0. The second-order valence-corrected chi connectivity index (χ2v) is 11.1. The number of hydrogen-bond acceptors (Lipinski definition) is 13. The van der Waals surface area contributed by atoms with E-state index in [0.717, 1.165) is 4.57 Å². The summed E-state index contributed by atoms with van der Waals surface area (Å²) in [6, 6.07) is 6.62. The first-order chi connectivity index (χ1) is 19.4. The summed E-state index contributed by atoms with van der Waals surface area (Å²) in [4.78, 5) is 24.5. The first kappa shape index (κ1) is 30.6. The molecule has 1 fully saturated rings.